The largest absolute Gasteiger partial charge is 0.494 e. The fourth-order valence-corrected chi connectivity index (χ4v) is 4.08. The van der Waals surface area contributed by atoms with E-state index in [-0.39, 0.29) is 17.7 Å². The van der Waals surface area contributed by atoms with E-state index in [1.54, 1.807) is 48.7 Å². The van der Waals surface area contributed by atoms with Crippen LogP contribution >= 0.6 is 11.6 Å². The van der Waals surface area contributed by atoms with E-state index in [2.05, 4.69) is 15.3 Å². The monoisotopic (exact) mass is 521 g/mol. The Hall–Kier alpha value is -4.04. The van der Waals surface area contributed by atoms with Crippen LogP contribution in [0.2, 0.25) is 5.02 Å². The van der Waals surface area contributed by atoms with Crippen molar-refractivity contribution in [2.45, 2.75) is 32.9 Å². The second-order valence-electron chi connectivity index (χ2n) is 8.69. The van der Waals surface area contributed by atoms with Crippen LogP contribution < -0.4 is 20.5 Å². The van der Waals surface area contributed by atoms with Gasteiger partial charge in [-0.05, 0) is 63.2 Å². The minimum Gasteiger partial charge on any atom is -0.494 e. The number of imidazole rings is 1. The molecule has 0 aliphatic rings. The number of benzene rings is 3. The van der Waals surface area contributed by atoms with Crippen molar-refractivity contribution in [2.75, 3.05) is 11.9 Å². The highest BCUT2D eigenvalue weighted by Crippen LogP contribution is 2.36. The first-order valence-electron chi connectivity index (χ1n) is 11.9. The summed E-state index contributed by atoms with van der Waals surface area (Å²) in [5, 5.41) is 11.6. The lowest BCUT2D eigenvalue weighted by atomic mass is 10.0. The third-order valence-corrected chi connectivity index (χ3v) is 5.77. The topological polar surface area (TPSA) is 109 Å². The fraction of sp³-hybridized carbons (Fsp3) is 0.214. The molecule has 0 amide bonds. The molecule has 7 nitrogen and oxygen atoms in total. The number of nitrogen functional groups attached to an aromatic ring is 1. The van der Waals surface area contributed by atoms with Gasteiger partial charge < -0.3 is 25.5 Å². The summed E-state index contributed by atoms with van der Waals surface area (Å²) in [6.07, 6.45) is 1.45. The van der Waals surface area contributed by atoms with Crippen LogP contribution in [0.15, 0.2) is 66.9 Å². The number of hydrogen-bond donors (Lipinski definition) is 4. The molecule has 0 aliphatic carbocycles. The van der Waals surface area contributed by atoms with Crippen molar-refractivity contribution < 1.29 is 13.9 Å². The number of H-pyrrole nitrogens is 1. The van der Waals surface area contributed by atoms with Gasteiger partial charge in [-0.25, -0.2) is 9.37 Å². The van der Waals surface area contributed by atoms with Crippen molar-refractivity contribution in [2.24, 2.45) is 5.73 Å². The summed E-state index contributed by atoms with van der Waals surface area (Å²) in [5.74, 6) is 0.502. The van der Waals surface area contributed by atoms with E-state index in [1.807, 2.05) is 39.0 Å². The second-order valence-corrected chi connectivity index (χ2v) is 9.12. The van der Waals surface area contributed by atoms with Gasteiger partial charge in [0.1, 0.15) is 23.5 Å². The van der Waals surface area contributed by atoms with Crippen LogP contribution in [0.3, 0.4) is 0 Å². The molecule has 1 atom stereocenters. The quantitative estimate of drug-likeness (QED) is 0.140. The minimum absolute atomic E-state index is 0.0359. The Labute approximate surface area is 220 Å². The maximum Gasteiger partial charge on any atom is 0.171 e. The maximum atomic E-state index is 15.9. The van der Waals surface area contributed by atoms with Gasteiger partial charge in [0, 0.05) is 33.5 Å². The van der Waals surface area contributed by atoms with Gasteiger partial charge in [0.15, 0.2) is 11.6 Å². The van der Waals surface area contributed by atoms with Gasteiger partial charge in [-0.2, -0.15) is 0 Å². The Morgan fingerprint density at radius 3 is 2.57 bits per heavy atom. The van der Waals surface area contributed by atoms with Gasteiger partial charge in [0.2, 0.25) is 0 Å². The molecule has 3 aromatic carbocycles. The maximum absolute atomic E-state index is 15.9. The summed E-state index contributed by atoms with van der Waals surface area (Å²) < 4.78 is 27.4. The van der Waals surface area contributed by atoms with Crippen molar-refractivity contribution in [3.8, 4) is 22.8 Å². The Morgan fingerprint density at radius 2 is 1.92 bits per heavy atom. The van der Waals surface area contributed by atoms with Crippen molar-refractivity contribution in [3.05, 3.63) is 94.7 Å². The Bertz CT molecular complexity index is 1390. The molecule has 0 fully saturated rings. The number of aromatic nitrogens is 2. The van der Waals surface area contributed by atoms with E-state index in [1.165, 1.54) is 0 Å². The summed E-state index contributed by atoms with van der Waals surface area (Å²) in [5.41, 5.74) is 8.74. The van der Waals surface area contributed by atoms with Crippen molar-refractivity contribution in [3.63, 3.8) is 0 Å². The lowest BCUT2D eigenvalue weighted by Crippen LogP contribution is -2.18. The number of halogens is 2. The molecule has 37 heavy (non-hydrogen) atoms. The van der Waals surface area contributed by atoms with E-state index in [4.69, 9.17) is 32.2 Å². The first-order chi connectivity index (χ1) is 17.7. The number of anilines is 1. The minimum atomic E-state index is -0.731. The number of aromatic amines is 1. The lowest BCUT2D eigenvalue weighted by Gasteiger charge is -2.22. The molecule has 9 heteroatoms. The van der Waals surface area contributed by atoms with E-state index in [9.17, 15) is 0 Å². The molecule has 0 bridgehead atoms. The summed E-state index contributed by atoms with van der Waals surface area (Å²) in [6.45, 7) is 5.95. The van der Waals surface area contributed by atoms with Gasteiger partial charge in [-0.3, -0.25) is 5.41 Å². The van der Waals surface area contributed by atoms with E-state index >= 15 is 4.39 Å². The average Bonchev–Trinajstić information content (AvgIpc) is 3.35. The van der Waals surface area contributed by atoms with Crippen LogP contribution in [0.1, 0.15) is 43.8 Å². The van der Waals surface area contributed by atoms with E-state index in [0.29, 0.717) is 40.0 Å². The number of nitrogens with one attached hydrogen (secondary N) is 3. The highest BCUT2D eigenvalue weighted by atomic mass is 35.5. The number of ether oxygens (including phenoxy) is 2. The Balaban J connectivity index is 1.82. The SMILES string of the molecule is CCOc1cc(OC(C)C)c(F)c(C(Nc2ccc(C(=N)N)cc2)c2ncc(-c3cccc(Cl)c3)[nH]2)c1. The van der Waals surface area contributed by atoms with E-state index < -0.39 is 11.9 Å². The number of hydrogen-bond acceptors (Lipinski definition) is 5. The smallest absolute Gasteiger partial charge is 0.171 e. The molecule has 1 heterocycles. The van der Waals surface area contributed by atoms with Gasteiger partial charge in [-0.15, -0.1) is 0 Å². The normalized spacial score (nSPS) is 11.8. The van der Waals surface area contributed by atoms with Gasteiger partial charge in [-0.1, -0.05) is 23.7 Å². The van der Waals surface area contributed by atoms with Crippen LogP contribution in [0.25, 0.3) is 11.3 Å². The third-order valence-electron chi connectivity index (χ3n) is 5.54. The molecule has 5 N–H and O–H groups in total. The lowest BCUT2D eigenvalue weighted by molar-refractivity contribution is 0.228. The highest BCUT2D eigenvalue weighted by molar-refractivity contribution is 6.30. The van der Waals surface area contributed by atoms with Crippen LogP contribution in [-0.4, -0.2) is 28.5 Å². The summed E-state index contributed by atoms with van der Waals surface area (Å²) in [6, 6.07) is 16.9. The fourth-order valence-electron chi connectivity index (χ4n) is 3.88. The summed E-state index contributed by atoms with van der Waals surface area (Å²) in [4.78, 5) is 7.89. The molecule has 0 spiro atoms. The molecular formula is C28H29ClFN5O2. The molecule has 4 rings (SSSR count). The first-order valence-corrected chi connectivity index (χ1v) is 12.3. The molecule has 4 aromatic rings. The zero-order chi connectivity index (χ0) is 26.5. The van der Waals surface area contributed by atoms with Crippen LogP contribution in [-0.2, 0) is 0 Å². The Morgan fingerprint density at radius 1 is 1.16 bits per heavy atom. The molecule has 0 saturated heterocycles. The predicted octanol–water partition coefficient (Wildman–Crippen LogP) is 6.54. The van der Waals surface area contributed by atoms with E-state index in [0.717, 1.165) is 11.3 Å². The molecule has 0 radical (unpaired) electrons. The number of rotatable bonds is 10. The average molecular weight is 522 g/mol. The summed E-state index contributed by atoms with van der Waals surface area (Å²) >= 11 is 6.18. The third kappa shape index (κ3) is 6.21. The van der Waals surface area contributed by atoms with Crippen LogP contribution in [0.5, 0.6) is 11.5 Å². The predicted molar refractivity (Wildman–Crippen MR) is 145 cm³/mol. The number of nitrogens with zero attached hydrogens (tertiary/aromatic N) is 1. The van der Waals surface area contributed by atoms with Crippen LogP contribution in [0.4, 0.5) is 10.1 Å². The van der Waals surface area contributed by atoms with Crippen molar-refractivity contribution in [1.82, 2.24) is 9.97 Å². The first kappa shape index (κ1) is 26.0. The molecule has 0 aliphatic heterocycles. The zero-order valence-electron chi connectivity index (χ0n) is 20.8. The molecule has 1 aromatic heterocycles. The van der Waals surface area contributed by atoms with Gasteiger partial charge in [0.05, 0.1) is 24.6 Å². The highest BCUT2D eigenvalue weighted by Gasteiger charge is 2.26. The second kappa shape index (κ2) is 11.3. The standard InChI is InChI=1S/C28H29ClFN5O2/c1-4-36-21-13-22(25(30)24(14-21)37-16(2)3)26(34-20-10-8-17(9-11-20)27(31)32)28-33-15-23(35-28)18-6-5-7-19(29)12-18/h5-16,26,34H,4H2,1-3H3,(H3,31,32)(H,33,35). The van der Waals surface area contributed by atoms with Crippen molar-refractivity contribution >= 4 is 23.1 Å². The molecule has 0 saturated carbocycles. The van der Waals surface area contributed by atoms with Crippen LogP contribution in [0, 0.1) is 11.2 Å². The molecular weight excluding hydrogens is 493 g/mol. The van der Waals surface area contributed by atoms with Gasteiger partial charge >= 0.3 is 0 Å². The summed E-state index contributed by atoms with van der Waals surface area (Å²) in [7, 11) is 0. The number of amidine groups is 1. The van der Waals surface area contributed by atoms with Gasteiger partial charge in [0.25, 0.3) is 0 Å². The molecule has 192 valence electrons. The molecule has 1 unspecified atom stereocenters. The number of nitrogens with two attached hydrogens (primary N) is 1. The zero-order valence-corrected chi connectivity index (χ0v) is 21.6. The Kier molecular flexibility index (Phi) is 7.98. The van der Waals surface area contributed by atoms with Crippen molar-refractivity contribution in [1.29, 1.82) is 5.41 Å².